The molecule has 0 saturated carbocycles. The van der Waals surface area contributed by atoms with Crippen LogP contribution >= 0.6 is 12.4 Å². The molecule has 22 heavy (non-hydrogen) atoms. The normalized spacial score (nSPS) is 34.5. The maximum atomic E-state index is 9.88. The lowest BCUT2D eigenvalue weighted by Crippen LogP contribution is -2.44. The molecule has 0 aromatic rings. The van der Waals surface area contributed by atoms with Crippen LogP contribution in [0.25, 0.3) is 0 Å². The van der Waals surface area contributed by atoms with Crippen molar-refractivity contribution in [3.8, 4) is 0 Å². The van der Waals surface area contributed by atoms with Crippen molar-refractivity contribution < 1.29 is 29.2 Å². The molecule has 2 fully saturated rings. The number of halogens is 1. The topological polar surface area (TPSA) is 80.6 Å². The molecule has 2 aliphatic heterocycles. The van der Waals surface area contributed by atoms with Gasteiger partial charge in [0.05, 0.1) is 6.61 Å². The van der Waals surface area contributed by atoms with Gasteiger partial charge in [0.2, 0.25) is 0 Å². The summed E-state index contributed by atoms with van der Waals surface area (Å²) in [6, 6.07) is 0. The van der Waals surface area contributed by atoms with E-state index in [-0.39, 0.29) is 25.1 Å². The van der Waals surface area contributed by atoms with Gasteiger partial charge in [-0.3, -0.25) is 0 Å². The van der Waals surface area contributed by atoms with Crippen molar-refractivity contribution in [3.05, 3.63) is 0 Å². The fourth-order valence-electron chi connectivity index (χ4n) is 2.71. The van der Waals surface area contributed by atoms with E-state index in [4.69, 9.17) is 24.1 Å². The first kappa shape index (κ1) is 20.1. The van der Waals surface area contributed by atoms with Gasteiger partial charge >= 0.3 is 0 Å². The van der Waals surface area contributed by atoms with Crippen molar-refractivity contribution in [2.45, 2.75) is 56.8 Å². The van der Waals surface area contributed by atoms with Crippen LogP contribution in [-0.2, 0) is 18.9 Å². The largest absolute Gasteiger partial charge is 0.394 e. The molecule has 0 spiro atoms. The lowest BCUT2D eigenvalue weighted by Gasteiger charge is -2.28. The van der Waals surface area contributed by atoms with Crippen LogP contribution < -0.4 is 0 Å². The molecule has 5 atom stereocenters. The zero-order valence-corrected chi connectivity index (χ0v) is 14.4. The fourth-order valence-corrected chi connectivity index (χ4v) is 2.71. The van der Waals surface area contributed by atoms with Gasteiger partial charge in [0.1, 0.15) is 24.4 Å². The second-order valence-corrected chi connectivity index (χ2v) is 6.31. The van der Waals surface area contributed by atoms with Gasteiger partial charge in [-0.05, 0) is 40.9 Å². The molecule has 0 aromatic carbocycles. The number of aliphatic hydroxyl groups is 2. The Kier molecular flexibility index (Phi) is 7.48. The van der Waals surface area contributed by atoms with Gasteiger partial charge in [-0.2, -0.15) is 0 Å². The van der Waals surface area contributed by atoms with E-state index in [0.29, 0.717) is 6.61 Å². The number of rotatable bonds is 7. The summed E-state index contributed by atoms with van der Waals surface area (Å²) in [4.78, 5) is 2.08. The number of fused-ring (bicyclic) bond motifs is 1. The van der Waals surface area contributed by atoms with Crippen molar-refractivity contribution >= 4 is 12.4 Å². The smallest absolute Gasteiger partial charge is 0.190 e. The van der Waals surface area contributed by atoms with Crippen LogP contribution in [0.5, 0.6) is 0 Å². The molecule has 7 nitrogen and oxygen atoms in total. The van der Waals surface area contributed by atoms with Gasteiger partial charge in [-0.1, -0.05) is 0 Å². The number of nitrogens with zero attached hydrogens (tertiary/aromatic N) is 1. The van der Waals surface area contributed by atoms with Gasteiger partial charge in [-0.15, -0.1) is 12.4 Å². The van der Waals surface area contributed by atoms with Crippen molar-refractivity contribution in [1.29, 1.82) is 0 Å². The van der Waals surface area contributed by atoms with E-state index in [2.05, 4.69) is 4.90 Å². The Hall–Kier alpha value is 0.01000. The lowest BCUT2D eigenvalue weighted by molar-refractivity contribution is -0.231. The number of ether oxygens (including phenoxy) is 4. The van der Waals surface area contributed by atoms with Crippen molar-refractivity contribution in [2.24, 2.45) is 0 Å². The van der Waals surface area contributed by atoms with Crippen LogP contribution in [0, 0.1) is 0 Å². The summed E-state index contributed by atoms with van der Waals surface area (Å²) >= 11 is 0. The Labute approximate surface area is 137 Å². The predicted molar refractivity (Wildman–Crippen MR) is 81.9 cm³/mol. The maximum Gasteiger partial charge on any atom is 0.190 e. The minimum atomic E-state index is -1.01. The van der Waals surface area contributed by atoms with Gasteiger partial charge < -0.3 is 34.1 Å². The SMILES string of the molecule is CN(C)CCCO[C@@H]1[C@H]2OC(C)(C)O[C@@H]2O[C@@H]1[C@H](O)CO.Cl. The summed E-state index contributed by atoms with van der Waals surface area (Å²) in [6.07, 6.45) is -2.17. The van der Waals surface area contributed by atoms with Crippen LogP contribution in [0.3, 0.4) is 0 Å². The molecule has 2 N–H and O–H groups in total. The molecule has 2 heterocycles. The third kappa shape index (κ3) is 4.75. The van der Waals surface area contributed by atoms with Crippen LogP contribution in [-0.4, -0.2) is 85.5 Å². The zero-order valence-electron chi connectivity index (χ0n) is 13.6. The van der Waals surface area contributed by atoms with E-state index in [1.165, 1.54) is 0 Å². The minimum absolute atomic E-state index is 0. The Bertz CT molecular complexity index is 343. The van der Waals surface area contributed by atoms with E-state index in [1.807, 2.05) is 27.9 Å². The monoisotopic (exact) mass is 341 g/mol. The van der Waals surface area contributed by atoms with Gasteiger partial charge in [0.25, 0.3) is 0 Å². The second-order valence-electron chi connectivity index (χ2n) is 6.31. The summed E-state index contributed by atoms with van der Waals surface area (Å²) < 4.78 is 23.0. The van der Waals surface area contributed by atoms with Crippen LogP contribution in [0.4, 0.5) is 0 Å². The van der Waals surface area contributed by atoms with Crippen molar-refractivity contribution in [1.82, 2.24) is 4.90 Å². The third-order valence-electron chi connectivity index (χ3n) is 3.65. The molecule has 0 amide bonds. The minimum Gasteiger partial charge on any atom is -0.394 e. The van der Waals surface area contributed by atoms with Gasteiger partial charge in [0, 0.05) is 6.61 Å². The molecular weight excluding hydrogens is 314 g/mol. The Morgan fingerprint density at radius 2 is 1.95 bits per heavy atom. The Balaban J connectivity index is 0.00000242. The highest BCUT2D eigenvalue weighted by atomic mass is 35.5. The summed E-state index contributed by atoms with van der Waals surface area (Å²) in [5, 5.41) is 19.0. The van der Waals surface area contributed by atoms with Gasteiger partial charge in [-0.25, -0.2) is 0 Å². The summed E-state index contributed by atoms with van der Waals surface area (Å²) in [5.41, 5.74) is 0. The fraction of sp³-hybridized carbons (Fsp3) is 1.00. The molecule has 2 aliphatic rings. The Morgan fingerprint density at radius 1 is 1.27 bits per heavy atom. The molecule has 2 saturated heterocycles. The molecular formula is C14H28ClNO6. The number of hydrogen-bond donors (Lipinski definition) is 2. The first-order valence-electron chi connectivity index (χ1n) is 7.40. The number of hydrogen-bond acceptors (Lipinski definition) is 7. The van der Waals surface area contributed by atoms with E-state index >= 15 is 0 Å². The van der Waals surface area contributed by atoms with E-state index < -0.39 is 30.4 Å². The van der Waals surface area contributed by atoms with E-state index in [1.54, 1.807) is 0 Å². The second kappa shape index (κ2) is 8.21. The lowest BCUT2D eigenvalue weighted by atomic mass is 10.1. The van der Waals surface area contributed by atoms with E-state index in [0.717, 1.165) is 13.0 Å². The molecule has 0 bridgehead atoms. The highest BCUT2D eigenvalue weighted by Crippen LogP contribution is 2.39. The average Bonchev–Trinajstić information content (AvgIpc) is 2.86. The molecule has 0 unspecified atom stereocenters. The van der Waals surface area contributed by atoms with E-state index in [9.17, 15) is 5.11 Å². The molecule has 0 aliphatic carbocycles. The van der Waals surface area contributed by atoms with Crippen molar-refractivity contribution in [2.75, 3.05) is 33.9 Å². The highest BCUT2D eigenvalue weighted by molar-refractivity contribution is 5.85. The summed E-state index contributed by atoms with van der Waals surface area (Å²) in [6.45, 7) is 4.70. The molecule has 0 radical (unpaired) electrons. The van der Waals surface area contributed by atoms with Gasteiger partial charge in [0.15, 0.2) is 12.1 Å². The zero-order chi connectivity index (χ0) is 15.6. The average molecular weight is 342 g/mol. The molecule has 8 heteroatoms. The maximum absolute atomic E-state index is 9.88. The molecule has 132 valence electrons. The highest BCUT2D eigenvalue weighted by Gasteiger charge is 2.56. The van der Waals surface area contributed by atoms with Crippen LogP contribution in [0.15, 0.2) is 0 Å². The first-order valence-corrected chi connectivity index (χ1v) is 7.40. The van der Waals surface area contributed by atoms with Crippen molar-refractivity contribution in [3.63, 3.8) is 0 Å². The Morgan fingerprint density at radius 3 is 2.55 bits per heavy atom. The standard InChI is InChI=1S/C14H27NO6.ClH/c1-14(2)20-12-11(18-7-5-6-15(3)4)10(9(17)8-16)19-13(12)21-14;/h9-13,16-17H,5-8H2,1-4H3;1H/t9-,10-,11+,12-,13+;/m1./s1. The number of aliphatic hydroxyl groups excluding tert-OH is 2. The molecule has 0 aromatic heterocycles. The van der Waals surface area contributed by atoms with Crippen LogP contribution in [0.2, 0.25) is 0 Å². The first-order chi connectivity index (χ1) is 9.84. The predicted octanol–water partition coefficient (Wildman–Crippen LogP) is -0.0253. The summed E-state index contributed by atoms with van der Waals surface area (Å²) in [5.74, 6) is -0.726. The quantitative estimate of drug-likeness (QED) is 0.630. The van der Waals surface area contributed by atoms with Crippen LogP contribution in [0.1, 0.15) is 20.3 Å². The molecule has 2 rings (SSSR count). The summed E-state index contributed by atoms with van der Waals surface area (Å²) in [7, 11) is 4.01. The third-order valence-corrected chi connectivity index (χ3v) is 3.65.